The van der Waals surface area contributed by atoms with Crippen LogP contribution in [-0.4, -0.2) is 19.0 Å². The Labute approximate surface area is 64.6 Å². The van der Waals surface area contributed by atoms with Gasteiger partial charge in [0.05, 0.1) is 0 Å². The standard InChI is InChI=1S/C6H16B2S/c1-4-8(5-2)9-6(3)7/h6H,4-5,7H2,1-3H3. The molecule has 52 valence electrons. The van der Waals surface area contributed by atoms with Gasteiger partial charge in [-0.25, -0.2) is 11.6 Å². The topological polar surface area (TPSA) is 0 Å². The van der Waals surface area contributed by atoms with Gasteiger partial charge in [-0.05, 0) is 5.15 Å². The smallest absolute Gasteiger partial charge is 0.208 e. The van der Waals surface area contributed by atoms with E-state index >= 15 is 0 Å². The van der Waals surface area contributed by atoms with Crippen LogP contribution in [0.2, 0.25) is 12.6 Å². The summed E-state index contributed by atoms with van der Waals surface area (Å²) in [7, 11) is 2.27. The van der Waals surface area contributed by atoms with E-state index in [9.17, 15) is 0 Å². The molecule has 3 heteroatoms. The van der Waals surface area contributed by atoms with Crippen molar-refractivity contribution in [2.24, 2.45) is 0 Å². The Morgan fingerprint density at radius 3 is 2.00 bits per heavy atom. The molecule has 0 radical (unpaired) electrons. The molecule has 0 aliphatic rings. The molecule has 9 heavy (non-hydrogen) atoms. The van der Waals surface area contributed by atoms with Gasteiger partial charge in [0, 0.05) is 0 Å². The number of hydrogen-bond acceptors (Lipinski definition) is 1. The largest absolute Gasteiger partial charge is 0.216 e. The Balaban J connectivity index is 3.31. The van der Waals surface area contributed by atoms with E-state index in [0.29, 0.717) is 0 Å². The van der Waals surface area contributed by atoms with E-state index < -0.39 is 0 Å². The SMILES string of the molecule is BC(C)SB(CC)CC. The lowest BCUT2D eigenvalue weighted by molar-refractivity contribution is 1.34. The maximum Gasteiger partial charge on any atom is 0.208 e. The predicted octanol–water partition coefficient (Wildman–Crippen LogP) is 1.73. The van der Waals surface area contributed by atoms with Crippen LogP contribution in [0.15, 0.2) is 0 Å². The molecule has 0 saturated carbocycles. The minimum atomic E-state index is 0.801. The molecule has 0 N–H and O–H groups in total. The monoisotopic (exact) mass is 142 g/mol. The molecule has 0 aromatic rings. The molecule has 0 saturated heterocycles. The molecule has 0 aromatic carbocycles. The van der Waals surface area contributed by atoms with Crippen LogP contribution in [0, 0.1) is 0 Å². The summed E-state index contributed by atoms with van der Waals surface area (Å²) in [5.41, 5.74) is 0. The summed E-state index contributed by atoms with van der Waals surface area (Å²) in [5.74, 6) is 0.894. The fourth-order valence-electron chi connectivity index (χ4n) is 0.866. The van der Waals surface area contributed by atoms with Gasteiger partial charge in [0.1, 0.15) is 7.85 Å². The lowest BCUT2D eigenvalue weighted by atomic mass is 9.70. The summed E-state index contributed by atoms with van der Waals surface area (Å²) in [6, 6.07) is 0. The minimum Gasteiger partial charge on any atom is -0.216 e. The molecule has 0 nitrogen and oxygen atoms in total. The van der Waals surface area contributed by atoms with Crippen LogP contribution in [0.25, 0.3) is 0 Å². The summed E-state index contributed by atoms with van der Waals surface area (Å²) in [6.45, 7) is 6.80. The van der Waals surface area contributed by atoms with Crippen molar-refractivity contribution in [2.45, 2.75) is 38.6 Å². The van der Waals surface area contributed by atoms with Crippen LogP contribution in [0.1, 0.15) is 20.8 Å². The fourth-order valence-corrected chi connectivity index (χ4v) is 2.02. The molecule has 0 rings (SSSR count). The average molecular weight is 142 g/mol. The van der Waals surface area contributed by atoms with E-state index in [1.165, 1.54) is 12.6 Å². The third-order valence-corrected chi connectivity index (χ3v) is 2.97. The number of rotatable bonds is 4. The second-order valence-corrected chi connectivity index (χ2v) is 4.50. The van der Waals surface area contributed by atoms with Gasteiger partial charge in [0.15, 0.2) is 0 Å². The zero-order chi connectivity index (χ0) is 7.28. The Bertz CT molecular complexity index is 62.1. The van der Waals surface area contributed by atoms with Gasteiger partial charge in [0.25, 0.3) is 0 Å². The summed E-state index contributed by atoms with van der Waals surface area (Å²) in [5, 5.41) is 0.801. The first kappa shape index (κ1) is 9.48. The second-order valence-electron chi connectivity index (χ2n) is 2.62. The molecular formula is C6H16B2S. The van der Waals surface area contributed by atoms with Crippen molar-refractivity contribution < 1.29 is 0 Å². The molecule has 0 aromatic heterocycles. The lowest BCUT2D eigenvalue weighted by Gasteiger charge is -2.10. The van der Waals surface area contributed by atoms with Gasteiger partial charge >= 0.3 is 0 Å². The predicted molar refractivity (Wildman–Crippen MR) is 52.3 cm³/mol. The Morgan fingerprint density at radius 2 is 1.89 bits per heavy atom. The highest BCUT2D eigenvalue weighted by atomic mass is 32.2. The van der Waals surface area contributed by atoms with Crippen LogP contribution >= 0.6 is 11.6 Å². The van der Waals surface area contributed by atoms with Gasteiger partial charge in [-0.15, -0.1) is 0 Å². The van der Waals surface area contributed by atoms with Crippen LogP contribution in [0.3, 0.4) is 0 Å². The van der Waals surface area contributed by atoms with E-state index in [1.807, 2.05) is 0 Å². The van der Waals surface area contributed by atoms with Crippen molar-refractivity contribution in [2.75, 3.05) is 0 Å². The Hall–Kier alpha value is 0.480. The summed E-state index contributed by atoms with van der Waals surface area (Å²) in [6.07, 6.45) is 2.64. The maximum absolute atomic E-state index is 2.27. The molecule has 1 atom stereocenters. The highest BCUT2D eigenvalue weighted by Gasteiger charge is 2.09. The third kappa shape index (κ3) is 4.95. The van der Waals surface area contributed by atoms with E-state index in [-0.39, 0.29) is 0 Å². The lowest BCUT2D eigenvalue weighted by Crippen LogP contribution is -2.09. The van der Waals surface area contributed by atoms with Gasteiger partial charge < -0.3 is 0 Å². The summed E-state index contributed by atoms with van der Waals surface area (Å²) in [4.78, 5) is 0. The second kappa shape index (κ2) is 5.28. The molecule has 0 amide bonds. The molecule has 0 fully saturated rings. The van der Waals surface area contributed by atoms with Crippen molar-refractivity contribution in [1.82, 2.24) is 0 Å². The first-order chi connectivity index (χ1) is 4.20. The molecule has 0 aliphatic carbocycles. The van der Waals surface area contributed by atoms with E-state index in [4.69, 9.17) is 0 Å². The van der Waals surface area contributed by atoms with Crippen molar-refractivity contribution in [3.8, 4) is 0 Å². The van der Waals surface area contributed by atoms with E-state index in [1.54, 1.807) is 0 Å². The highest BCUT2D eigenvalue weighted by Crippen LogP contribution is 2.17. The summed E-state index contributed by atoms with van der Waals surface area (Å²) < 4.78 is 0. The van der Waals surface area contributed by atoms with Gasteiger partial charge in [-0.2, -0.15) is 0 Å². The molecule has 0 aliphatic heterocycles. The van der Waals surface area contributed by atoms with Crippen LogP contribution in [0.4, 0.5) is 0 Å². The van der Waals surface area contributed by atoms with E-state index in [0.717, 1.165) is 11.1 Å². The molecule has 0 bridgehead atoms. The first-order valence-corrected chi connectivity index (χ1v) is 4.80. The van der Waals surface area contributed by atoms with Crippen LogP contribution in [0.5, 0.6) is 0 Å². The Kier molecular flexibility index (Phi) is 5.56. The molecule has 0 spiro atoms. The average Bonchev–Trinajstić information content (AvgIpc) is 1.82. The molecule has 0 heterocycles. The maximum atomic E-state index is 2.27. The highest BCUT2D eigenvalue weighted by molar-refractivity contribution is 8.26. The molecule has 1 unspecified atom stereocenters. The van der Waals surface area contributed by atoms with Crippen molar-refractivity contribution in [3.63, 3.8) is 0 Å². The van der Waals surface area contributed by atoms with Crippen LogP contribution < -0.4 is 0 Å². The van der Waals surface area contributed by atoms with Crippen molar-refractivity contribution in [3.05, 3.63) is 0 Å². The zero-order valence-electron chi connectivity index (χ0n) is 6.98. The summed E-state index contributed by atoms with van der Waals surface area (Å²) >= 11 is 2.10. The van der Waals surface area contributed by atoms with Gasteiger partial charge in [-0.3, -0.25) is 0 Å². The van der Waals surface area contributed by atoms with Gasteiger partial charge in [-0.1, -0.05) is 33.4 Å². The van der Waals surface area contributed by atoms with Crippen LogP contribution in [-0.2, 0) is 0 Å². The minimum absolute atomic E-state index is 0.801. The normalized spacial score (nSPS) is 13.2. The first-order valence-electron chi connectivity index (χ1n) is 3.86. The van der Waals surface area contributed by atoms with Gasteiger partial charge in [0.2, 0.25) is 5.99 Å². The number of hydrogen-bond donors (Lipinski definition) is 0. The fraction of sp³-hybridized carbons (Fsp3) is 1.00. The quantitative estimate of drug-likeness (QED) is 0.538. The van der Waals surface area contributed by atoms with Crippen molar-refractivity contribution in [1.29, 1.82) is 0 Å². The third-order valence-electron chi connectivity index (χ3n) is 1.38. The Morgan fingerprint density at radius 1 is 1.44 bits per heavy atom. The van der Waals surface area contributed by atoms with E-state index in [2.05, 4.69) is 40.2 Å². The molecular weight excluding hydrogens is 126 g/mol. The zero-order valence-corrected chi connectivity index (χ0v) is 7.79. The van der Waals surface area contributed by atoms with Crippen molar-refractivity contribution >= 4 is 25.5 Å².